The fraction of sp³-hybridized carbons (Fsp3) is 0.600. The van der Waals surface area contributed by atoms with Crippen LogP contribution in [-0.4, -0.2) is 67.9 Å². The molecule has 11 heteroatoms. The quantitative estimate of drug-likeness (QED) is 0.582. The lowest BCUT2D eigenvalue weighted by Gasteiger charge is -2.32. The molecule has 3 rings (SSSR count). The summed E-state index contributed by atoms with van der Waals surface area (Å²) < 4.78 is 27.4. The van der Waals surface area contributed by atoms with Crippen molar-refractivity contribution in [2.75, 3.05) is 39.3 Å². The van der Waals surface area contributed by atoms with Crippen molar-refractivity contribution in [1.29, 1.82) is 0 Å². The summed E-state index contributed by atoms with van der Waals surface area (Å²) in [6.45, 7) is 6.01. The van der Waals surface area contributed by atoms with Crippen molar-refractivity contribution in [3.8, 4) is 0 Å². The van der Waals surface area contributed by atoms with Gasteiger partial charge in [-0.05, 0) is 25.0 Å². The van der Waals surface area contributed by atoms with Gasteiger partial charge < -0.3 is 5.32 Å². The molecular formula is C15H22Cl2N4O4S. The molecule has 2 aliphatic heterocycles. The topological polar surface area (TPSA) is 95.8 Å². The summed E-state index contributed by atoms with van der Waals surface area (Å²) in [6, 6.07) is 2.87. The Kier molecular flexibility index (Phi) is 6.86. The van der Waals surface area contributed by atoms with E-state index in [0.717, 1.165) is 32.6 Å². The van der Waals surface area contributed by atoms with Crippen LogP contribution >= 0.6 is 24.0 Å². The second-order valence-electron chi connectivity index (χ2n) is 6.44. The van der Waals surface area contributed by atoms with E-state index in [1.54, 1.807) is 6.92 Å². The largest absolute Gasteiger partial charge is 0.314 e. The van der Waals surface area contributed by atoms with Crippen LogP contribution in [0.15, 0.2) is 17.0 Å². The Bertz CT molecular complexity index is 784. The van der Waals surface area contributed by atoms with E-state index in [2.05, 4.69) is 10.2 Å². The van der Waals surface area contributed by atoms with Gasteiger partial charge in [0.2, 0.25) is 10.0 Å². The van der Waals surface area contributed by atoms with E-state index in [-0.39, 0.29) is 34.1 Å². The first-order valence-electron chi connectivity index (χ1n) is 8.20. The Morgan fingerprint density at radius 3 is 2.54 bits per heavy atom. The number of aryl methyl sites for hydroxylation is 1. The zero-order chi connectivity index (χ0) is 18.2. The van der Waals surface area contributed by atoms with Crippen molar-refractivity contribution in [2.45, 2.75) is 24.3 Å². The molecule has 2 aliphatic rings. The van der Waals surface area contributed by atoms with Gasteiger partial charge in [-0.2, -0.15) is 4.31 Å². The Balaban J connectivity index is 0.00000243. The molecular weight excluding hydrogens is 403 g/mol. The van der Waals surface area contributed by atoms with Crippen LogP contribution in [0.25, 0.3) is 0 Å². The Morgan fingerprint density at radius 2 is 1.92 bits per heavy atom. The van der Waals surface area contributed by atoms with Gasteiger partial charge in [-0.15, -0.1) is 12.4 Å². The molecule has 8 nitrogen and oxygen atoms in total. The van der Waals surface area contributed by atoms with Crippen molar-refractivity contribution in [1.82, 2.24) is 14.5 Å². The fourth-order valence-corrected chi connectivity index (χ4v) is 5.58. The predicted molar refractivity (Wildman–Crippen MR) is 102 cm³/mol. The number of halogens is 2. The second-order valence-corrected chi connectivity index (χ2v) is 8.73. The van der Waals surface area contributed by atoms with Crippen molar-refractivity contribution in [3.63, 3.8) is 0 Å². The van der Waals surface area contributed by atoms with E-state index < -0.39 is 14.9 Å². The third-order valence-electron chi connectivity index (χ3n) is 4.77. The number of nitro groups is 1. The molecule has 2 fully saturated rings. The Hall–Kier alpha value is -0.970. The highest BCUT2D eigenvalue weighted by Gasteiger charge is 2.37. The maximum absolute atomic E-state index is 13.0. The smallest absolute Gasteiger partial charge is 0.289 e. The molecule has 1 unspecified atom stereocenters. The molecule has 0 aromatic heterocycles. The number of nitrogens with one attached hydrogen (secondary N) is 1. The van der Waals surface area contributed by atoms with Crippen molar-refractivity contribution >= 4 is 39.7 Å². The van der Waals surface area contributed by atoms with Crippen molar-refractivity contribution in [2.24, 2.45) is 0 Å². The lowest BCUT2D eigenvalue weighted by Crippen LogP contribution is -2.49. The highest BCUT2D eigenvalue weighted by Crippen LogP contribution is 2.35. The van der Waals surface area contributed by atoms with Gasteiger partial charge in [-0.1, -0.05) is 11.6 Å². The molecule has 0 amide bonds. The zero-order valence-corrected chi connectivity index (χ0v) is 16.7. The maximum Gasteiger partial charge on any atom is 0.289 e. The van der Waals surface area contributed by atoms with E-state index >= 15 is 0 Å². The normalized spacial score (nSPS) is 22.2. The van der Waals surface area contributed by atoms with E-state index in [0.29, 0.717) is 18.7 Å². The van der Waals surface area contributed by atoms with Gasteiger partial charge in [0, 0.05) is 51.4 Å². The van der Waals surface area contributed by atoms with Crippen LogP contribution in [0.1, 0.15) is 12.0 Å². The second kappa shape index (κ2) is 8.37. The number of sulfonamides is 1. The molecule has 2 saturated heterocycles. The average Bonchev–Trinajstić information content (AvgIpc) is 3.08. The van der Waals surface area contributed by atoms with Gasteiger partial charge in [0.05, 0.1) is 4.92 Å². The zero-order valence-electron chi connectivity index (χ0n) is 14.4. The van der Waals surface area contributed by atoms with E-state index in [1.807, 2.05) is 0 Å². The van der Waals surface area contributed by atoms with Crippen LogP contribution in [-0.2, 0) is 10.0 Å². The third-order valence-corrected chi connectivity index (χ3v) is 7.17. The van der Waals surface area contributed by atoms with Gasteiger partial charge >= 0.3 is 0 Å². The molecule has 0 bridgehead atoms. The number of nitro benzene ring substituents is 1. The maximum atomic E-state index is 13.0. The first-order chi connectivity index (χ1) is 11.8. The average molecular weight is 425 g/mol. The van der Waals surface area contributed by atoms with Gasteiger partial charge in [0.25, 0.3) is 5.69 Å². The monoisotopic (exact) mass is 424 g/mol. The first kappa shape index (κ1) is 21.3. The number of benzene rings is 1. The van der Waals surface area contributed by atoms with Crippen LogP contribution < -0.4 is 5.32 Å². The number of hydrogen-bond acceptors (Lipinski definition) is 6. The van der Waals surface area contributed by atoms with Crippen LogP contribution in [0.3, 0.4) is 0 Å². The molecule has 146 valence electrons. The molecule has 0 saturated carbocycles. The molecule has 1 aromatic rings. The van der Waals surface area contributed by atoms with E-state index in [4.69, 9.17) is 11.6 Å². The Morgan fingerprint density at radius 1 is 1.27 bits per heavy atom. The lowest BCUT2D eigenvalue weighted by molar-refractivity contribution is -0.385. The highest BCUT2D eigenvalue weighted by molar-refractivity contribution is 7.89. The van der Waals surface area contributed by atoms with Gasteiger partial charge in [0.15, 0.2) is 0 Å². The fourth-order valence-electron chi connectivity index (χ4n) is 3.45. The van der Waals surface area contributed by atoms with Crippen LogP contribution in [0.2, 0.25) is 5.02 Å². The molecule has 1 N–H and O–H groups in total. The standard InChI is InChI=1S/C15H21ClN4O4S.ClH/c1-11-8-13(20(21)22)15(16)14(9-11)25(23,24)19-5-2-12(10-19)18-6-3-17-4-7-18;/h8-9,12,17H,2-7,10H2,1H3;1H. The molecule has 0 aliphatic carbocycles. The minimum absolute atomic E-state index is 0. The number of rotatable bonds is 4. The molecule has 2 heterocycles. The first-order valence-corrected chi connectivity index (χ1v) is 10.0. The van der Waals surface area contributed by atoms with Crippen LogP contribution in [0, 0.1) is 17.0 Å². The van der Waals surface area contributed by atoms with Crippen LogP contribution in [0.4, 0.5) is 5.69 Å². The van der Waals surface area contributed by atoms with E-state index in [1.165, 1.54) is 16.4 Å². The summed E-state index contributed by atoms with van der Waals surface area (Å²) in [7, 11) is -3.86. The summed E-state index contributed by atoms with van der Waals surface area (Å²) in [5, 5.41) is 14.1. The van der Waals surface area contributed by atoms with E-state index in [9.17, 15) is 18.5 Å². The minimum Gasteiger partial charge on any atom is -0.314 e. The number of nitrogens with zero attached hydrogens (tertiary/aromatic N) is 3. The lowest BCUT2D eigenvalue weighted by atomic mass is 10.2. The SMILES string of the molecule is Cc1cc([N+](=O)[O-])c(Cl)c(S(=O)(=O)N2CCC(N3CCNCC3)C2)c1.Cl. The molecule has 0 spiro atoms. The highest BCUT2D eigenvalue weighted by atomic mass is 35.5. The molecule has 26 heavy (non-hydrogen) atoms. The molecule has 1 aromatic carbocycles. The Labute approximate surface area is 164 Å². The van der Waals surface area contributed by atoms with Gasteiger partial charge in [-0.3, -0.25) is 15.0 Å². The molecule has 1 atom stereocenters. The molecule has 0 radical (unpaired) electrons. The van der Waals surface area contributed by atoms with Gasteiger partial charge in [0.1, 0.15) is 9.92 Å². The summed E-state index contributed by atoms with van der Waals surface area (Å²) in [5.74, 6) is 0. The summed E-state index contributed by atoms with van der Waals surface area (Å²) >= 11 is 6.06. The third kappa shape index (κ3) is 4.13. The minimum atomic E-state index is -3.86. The summed E-state index contributed by atoms with van der Waals surface area (Å²) in [4.78, 5) is 12.6. The van der Waals surface area contributed by atoms with Gasteiger partial charge in [-0.25, -0.2) is 8.42 Å². The van der Waals surface area contributed by atoms with Crippen molar-refractivity contribution < 1.29 is 13.3 Å². The predicted octanol–water partition coefficient (Wildman–Crippen LogP) is 1.65. The number of piperazine rings is 1. The summed E-state index contributed by atoms with van der Waals surface area (Å²) in [5.41, 5.74) is 0.116. The van der Waals surface area contributed by atoms with Crippen molar-refractivity contribution in [3.05, 3.63) is 32.8 Å². The van der Waals surface area contributed by atoms with Crippen LogP contribution in [0.5, 0.6) is 0 Å². The number of hydrogen-bond donors (Lipinski definition) is 1. The summed E-state index contributed by atoms with van der Waals surface area (Å²) in [6.07, 6.45) is 0.755.